The third-order valence-electron chi connectivity index (χ3n) is 3.14. The lowest BCUT2D eigenvalue weighted by atomic mass is 10.1. The van der Waals surface area contributed by atoms with Crippen LogP contribution >= 0.6 is 11.6 Å². The van der Waals surface area contributed by atoms with Crippen molar-refractivity contribution in [2.75, 3.05) is 13.6 Å². The van der Waals surface area contributed by atoms with Crippen molar-refractivity contribution in [2.24, 2.45) is 0 Å². The number of carboxylic acid groups (broad SMARTS) is 1. The van der Waals surface area contributed by atoms with E-state index in [4.69, 9.17) is 16.7 Å². The predicted molar refractivity (Wildman–Crippen MR) is 77.7 cm³/mol. The van der Waals surface area contributed by atoms with Crippen LogP contribution in [0.1, 0.15) is 25.5 Å². The molecule has 0 radical (unpaired) electrons. The molecule has 0 spiro atoms. The van der Waals surface area contributed by atoms with Crippen molar-refractivity contribution in [3.8, 4) is 0 Å². The summed E-state index contributed by atoms with van der Waals surface area (Å²) in [6.07, 6.45) is 0. The Hall–Kier alpha value is -1.59. The van der Waals surface area contributed by atoms with Crippen LogP contribution in [0.5, 0.6) is 0 Å². The quantitative estimate of drug-likeness (QED) is 0.842. The van der Waals surface area contributed by atoms with Gasteiger partial charge in [0.25, 0.3) is 0 Å². The molecule has 110 valence electrons. The lowest BCUT2D eigenvalue weighted by Gasteiger charge is -2.28. The first-order valence-corrected chi connectivity index (χ1v) is 6.64. The molecule has 1 rings (SSSR count). The fraction of sp³-hybridized carbons (Fsp3) is 0.429. The van der Waals surface area contributed by atoms with Gasteiger partial charge in [0.05, 0.1) is 0 Å². The average molecular weight is 299 g/mol. The molecule has 2 unspecified atom stereocenters. The number of carboxylic acids is 1. The Bertz CT molecular complexity index is 493. The van der Waals surface area contributed by atoms with Gasteiger partial charge in [0.1, 0.15) is 6.04 Å². The number of amides is 1. The summed E-state index contributed by atoms with van der Waals surface area (Å²) in [6.45, 7) is 3.47. The Kier molecular flexibility index (Phi) is 5.98. The second kappa shape index (κ2) is 7.26. The summed E-state index contributed by atoms with van der Waals surface area (Å²) >= 11 is 5.95. The van der Waals surface area contributed by atoms with Crippen LogP contribution in [0, 0.1) is 0 Å². The summed E-state index contributed by atoms with van der Waals surface area (Å²) in [6, 6.07) is 6.47. The van der Waals surface area contributed by atoms with Crippen LogP contribution in [0.25, 0.3) is 0 Å². The Morgan fingerprint density at radius 2 is 2.10 bits per heavy atom. The minimum absolute atomic E-state index is 0.00990. The van der Waals surface area contributed by atoms with Gasteiger partial charge in [0.2, 0.25) is 5.91 Å². The molecule has 6 heteroatoms. The van der Waals surface area contributed by atoms with Gasteiger partial charge < -0.3 is 10.4 Å². The smallest absolute Gasteiger partial charge is 0.327 e. The fourth-order valence-electron chi connectivity index (χ4n) is 1.90. The summed E-state index contributed by atoms with van der Waals surface area (Å²) < 4.78 is 0. The average Bonchev–Trinajstić information content (AvgIpc) is 2.36. The van der Waals surface area contributed by atoms with E-state index in [9.17, 15) is 9.59 Å². The lowest BCUT2D eigenvalue weighted by molar-refractivity contribution is -0.142. The number of hydrogen-bond donors (Lipinski definition) is 2. The molecule has 1 amide bonds. The Morgan fingerprint density at radius 3 is 2.60 bits per heavy atom. The van der Waals surface area contributed by atoms with Crippen molar-refractivity contribution < 1.29 is 14.7 Å². The van der Waals surface area contributed by atoms with Crippen LogP contribution in [-0.2, 0) is 9.59 Å². The summed E-state index contributed by atoms with van der Waals surface area (Å²) in [5, 5.41) is 12.2. The van der Waals surface area contributed by atoms with Crippen LogP contribution in [0.3, 0.4) is 0 Å². The molecule has 5 nitrogen and oxygen atoms in total. The normalized spacial score (nSPS) is 13.8. The highest BCUT2D eigenvalue weighted by Crippen LogP contribution is 2.21. The number of likely N-dealkylation sites (N-methyl/N-ethyl adjacent to an activating group) is 1. The summed E-state index contributed by atoms with van der Waals surface area (Å²) in [7, 11) is 1.81. The lowest BCUT2D eigenvalue weighted by Crippen LogP contribution is -2.47. The molecular weight excluding hydrogens is 280 g/mol. The van der Waals surface area contributed by atoms with Gasteiger partial charge in [0.15, 0.2) is 0 Å². The fourth-order valence-corrected chi connectivity index (χ4v) is 2.10. The highest BCUT2D eigenvalue weighted by molar-refractivity contribution is 6.30. The van der Waals surface area contributed by atoms with Crippen molar-refractivity contribution in [3.05, 3.63) is 34.9 Å². The van der Waals surface area contributed by atoms with Gasteiger partial charge >= 0.3 is 5.97 Å². The number of rotatable bonds is 6. The number of carbonyl (C=O) groups excluding carboxylic acids is 1. The first kappa shape index (κ1) is 16.5. The number of hydrogen-bond acceptors (Lipinski definition) is 3. The maximum atomic E-state index is 11.1. The van der Waals surface area contributed by atoms with Gasteiger partial charge in [0, 0.05) is 24.5 Å². The molecule has 1 aromatic carbocycles. The Labute approximate surface area is 123 Å². The van der Waals surface area contributed by atoms with Crippen LogP contribution in [0.15, 0.2) is 24.3 Å². The van der Waals surface area contributed by atoms with E-state index in [1.807, 2.05) is 37.1 Å². The molecule has 0 aliphatic rings. The monoisotopic (exact) mass is 298 g/mol. The first-order valence-electron chi connectivity index (χ1n) is 6.27. The van der Waals surface area contributed by atoms with Crippen molar-refractivity contribution in [3.63, 3.8) is 0 Å². The molecule has 0 aromatic heterocycles. The zero-order chi connectivity index (χ0) is 15.3. The molecule has 0 aliphatic carbocycles. The molecule has 0 heterocycles. The number of aliphatic carboxylic acids is 1. The zero-order valence-electron chi connectivity index (χ0n) is 11.8. The molecule has 0 saturated heterocycles. The third kappa shape index (κ3) is 4.83. The second-order valence-electron chi connectivity index (χ2n) is 4.76. The van der Waals surface area contributed by atoms with Gasteiger partial charge in [-0.2, -0.15) is 0 Å². The Balaban J connectivity index is 2.75. The maximum absolute atomic E-state index is 11.1. The summed E-state index contributed by atoms with van der Waals surface area (Å²) in [4.78, 5) is 24.0. The van der Waals surface area contributed by atoms with E-state index in [1.54, 1.807) is 6.07 Å². The van der Waals surface area contributed by atoms with Gasteiger partial charge in [-0.15, -0.1) is 0 Å². The van der Waals surface area contributed by atoms with E-state index in [2.05, 4.69) is 5.32 Å². The van der Waals surface area contributed by atoms with E-state index < -0.39 is 12.0 Å². The number of benzene rings is 1. The number of nitrogens with one attached hydrogen (secondary N) is 1. The number of nitrogens with zero attached hydrogens (tertiary/aromatic N) is 1. The topological polar surface area (TPSA) is 69.6 Å². The summed E-state index contributed by atoms with van der Waals surface area (Å²) in [5.74, 6) is -1.41. The van der Waals surface area contributed by atoms with Gasteiger partial charge in [-0.1, -0.05) is 23.7 Å². The zero-order valence-corrected chi connectivity index (χ0v) is 12.5. The standard InChI is InChI=1S/C14H19ClN2O3/c1-9(11-5-4-6-12(15)7-11)17(3)8-13(14(19)20)16-10(2)18/h4-7,9,13H,8H2,1-3H3,(H,16,18)(H,19,20). The second-order valence-corrected chi connectivity index (χ2v) is 5.20. The van der Waals surface area contributed by atoms with Crippen LogP contribution in [-0.4, -0.2) is 41.5 Å². The van der Waals surface area contributed by atoms with Crippen molar-refractivity contribution in [2.45, 2.75) is 25.9 Å². The molecule has 2 N–H and O–H groups in total. The van der Waals surface area contributed by atoms with E-state index >= 15 is 0 Å². The highest BCUT2D eigenvalue weighted by atomic mass is 35.5. The largest absolute Gasteiger partial charge is 0.480 e. The molecule has 0 fully saturated rings. The molecule has 1 aromatic rings. The SMILES string of the molecule is CC(=O)NC(CN(C)C(C)c1cccc(Cl)c1)C(=O)O. The third-order valence-corrected chi connectivity index (χ3v) is 3.37. The van der Waals surface area contributed by atoms with E-state index in [0.717, 1.165) is 5.56 Å². The molecule has 20 heavy (non-hydrogen) atoms. The van der Waals surface area contributed by atoms with Crippen molar-refractivity contribution in [1.29, 1.82) is 0 Å². The van der Waals surface area contributed by atoms with Crippen molar-refractivity contribution >= 4 is 23.5 Å². The molecule has 0 saturated carbocycles. The van der Waals surface area contributed by atoms with Gasteiger partial charge in [-0.05, 0) is 31.7 Å². The number of carbonyl (C=O) groups is 2. The molecule has 0 aliphatic heterocycles. The number of halogens is 1. The molecule has 2 atom stereocenters. The minimum Gasteiger partial charge on any atom is -0.480 e. The van der Waals surface area contributed by atoms with Crippen molar-refractivity contribution in [1.82, 2.24) is 10.2 Å². The van der Waals surface area contributed by atoms with E-state index in [0.29, 0.717) is 5.02 Å². The van der Waals surface area contributed by atoms with E-state index in [1.165, 1.54) is 6.92 Å². The first-order chi connectivity index (χ1) is 9.31. The van der Waals surface area contributed by atoms with Crippen LogP contribution in [0.4, 0.5) is 0 Å². The minimum atomic E-state index is -1.05. The van der Waals surface area contributed by atoms with Crippen LogP contribution < -0.4 is 5.32 Å². The highest BCUT2D eigenvalue weighted by Gasteiger charge is 2.23. The summed E-state index contributed by atoms with van der Waals surface area (Å²) in [5.41, 5.74) is 0.993. The van der Waals surface area contributed by atoms with Crippen LogP contribution in [0.2, 0.25) is 5.02 Å². The predicted octanol–water partition coefficient (Wildman–Crippen LogP) is 1.92. The van der Waals surface area contributed by atoms with Gasteiger partial charge in [-0.25, -0.2) is 4.79 Å². The Morgan fingerprint density at radius 1 is 1.45 bits per heavy atom. The van der Waals surface area contributed by atoms with Gasteiger partial charge in [-0.3, -0.25) is 9.69 Å². The molecular formula is C14H19ClN2O3. The molecule has 0 bridgehead atoms. The maximum Gasteiger partial charge on any atom is 0.327 e. The van der Waals surface area contributed by atoms with E-state index in [-0.39, 0.29) is 18.5 Å².